The van der Waals surface area contributed by atoms with Gasteiger partial charge in [-0.25, -0.2) is 0 Å². The first-order valence-electron chi connectivity index (χ1n) is 6.77. The van der Waals surface area contributed by atoms with E-state index in [1.165, 1.54) is 12.1 Å². The summed E-state index contributed by atoms with van der Waals surface area (Å²) in [4.78, 5) is 0. The summed E-state index contributed by atoms with van der Waals surface area (Å²) in [7, 11) is -1.55. The molecule has 1 nitrogen and oxygen atoms in total. The van der Waals surface area contributed by atoms with Gasteiger partial charge in [0.1, 0.15) is 13.7 Å². The molecule has 116 valence electrons. The van der Waals surface area contributed by atoms with Crippen LogP contribution in [0.3, 0.4) is 0 Å². The molecule has 0 aromatic heterocycles. The van der Waals surface area contributed by atoms with Crippen molar-refractivity contribution in [2.24, 2.45) is 5.92 Å². The highest BCUT2D eigenvalue weighted by atomic mass is 28.3. The maximum absolute atomic E-state index is 12.5. The maximum Gasteiger partial charge on any atom is 0.416 e. The van der Waals surface area contributed by atoms with Crippen LogP contribution in [-0.4, -0.2) is 13.2 Å². The number of aliphatic hydroxyl groups is 1. The van der Waals surface area contributed by atoms with Crippen molar-refractivity contribution in [1.82, 2.24) is 0 Å². The zero-order valence-corrected chi connectivity index (χ0v) is 14.0. The number of halogens is 3. The zero-order chi connectivity index (χ0) is 16.5. The van der Waals surface area contributed by atoms with E-state index in [2.05, 4.69) is 31.1 Å². The van der Waals surface area contributed by atoms with E-state index in [-0.39, 0.29) is 5.92 Å². The molecule has 0 spiro atoms. The van der Waals surface area contributed by atoms with Crippen LogP contribution >= 0.6 is 0 Å². The van der Waals surface area contributed by atoms with E-state index < -0.39 is 25.4 Å². The minimum atomic E-state index is -4.37. The molecular formula is C16H21F3OSi. The molecular weight excluding hydrogens is 293 g/mol. The lowest BCUT2D eigenvalue weighted by Gasteiger charge is -2.28. The smallest absolute Gasteiger partial charge is 0.384 e. The Morgan fingerprint density at radius 3 is 1.86 bits per heavy atom. The van der Waals surface area contributed by atoms with Gasteiger partial charge in [0.15, 0.2) is 0 Å². The highest BCUT2D eigenvalue weighted by Gasteiger charge is 2.33. The van der Waals surface area contributed by atoms with Crippen molar-refractivity contribution in [3.63, 3.8) is 0 Å². The molecule has 0 radical (unpaired) electrons. The molecule has 0 bridgehead atoms. The Morgan fingerprint density at radius 2 is 1.48 bits per heavy atom. The van der Waals surface area contributed by atoms with Crippen molar-refractivity contribution in [2.75, 3.05) is 0 Å². The summed E-state index contributed by atoms with van der Waals surface area (Å²) in [6.45, 7) is 9.66. The second-order valence-electron chi connectivity index (χ2n) is 6.46. The fourth-order valence-electron chi connectivity index (χ4n) is 1.71. The molecule has 2 atom stereocenters. The Kier molecular flexibility index (Phi) is 4.96. The van der Waals surface area contributed by atoms with Crippen LogP contribution in [0.2, 0.25) is 19.6 Å². The first kappa shape index (κ1) is 17.8. The molecule has 1 rings (SSSR count). The highest BCUT2D eigenvalue weighted by molar-refractivity contribution is 6.83. The summed E-state index contributed by atoms with van der Waals surface area (Å²) in [6, 6.07) is 4.61. The van der Waals surface area contributed by atoms with Gasteiger partial charge in [-0.1, -0.05) is 31.8 Å². The highest BCUT2D eigenvalue weighted by Crippen LogP contribution is 2.33. The van der Waals surface area contributed by atoms with Crippen LogP contribution < -0.4 is 0 Å². The van der Waals surface area contributed by atoms with Crippen LogP contribution in [0.25, 0.3) is 0 Å². The maximum atomic E-state index is 12.5. The SMILES string of the molecule is C[C@H](C#C[Si](C)(C)C)[C@](C)(O)c1ccc(C(F)(F)F)cc1. The van der Waals surface area contributed by atoms with Gasteiger partial charge in [-0.3, -0.25) is 0 Å². The van der Waals surface area contributed by atoms with Gasteiger partial charge in [0, 0.05) is 5.92 Å². The summed E-state index contributed by atoms with van der Waals surface area (Å²) in [6.07, 6.45) is -4.37. The van der Waals surface area contributed by atoms with Crippen molar-refractivity contribution >= 4 is 8.07 Å². The van der Waals surface area contributed by atoms with Crippen molar-refractivity contribution in [3.8, 4) is 11.5 Å². The van der Waals surface area contributed by atoms with Gasteiger partial charge in [0.2, 0.25) is 0 Å². The Morgan fingerprint density at radius 1 is 1.05 bits per heavy atom. The van der Waals surface area contributed by atoms with E-state index in [4.69, 9.17) is 0 Å². The monoisotopic (exact) mass is 314 g/mol. The zero-order valence-electron chi connectivity index (χ0n) is 13.0. The lowest BCUT2D eigenvalue weighted by Crippen LogP contribution is -2.30. The summed E-state index contributed by atoms with van der Waals surface area (Å²) < 4.78 is 37.6. The lowest BCUT2D eigenvalue weighted by molar-refractivity contribution is -0.137. The van der Waals surface area contributed by atoms with E-state index in [0.717, 1.165) is 12.1 Å². The average Bonchev–Trinajstić information content (AvgIpc) is 2.34. The van der Waals surface area contributed by atoms with E-state index in [0.29, 0.717) is 5.56 Å². The van der Waals surface area contributed by atoms with Gasteiger partial charge in [0.25, 0.3) is 0 Å². The van der Waals surface area contributed by atoms with E-state index in [1.807, 2.05) is 0 Å². The molecule has 0 amide bonds. The minimum absolute atomic E-state index is 0.360. The van der Waals surface area contributed by atoms with Crippen LogP contribution in [0, 0.1) is 17.4 Å². The molecule has 0 aliphatic heterocycles. The van der Waals surface area contributed by atoms with Gasteiger partial charge >= 0.3 is 6.18 Å². The van der Waals surface area contributed by atoms with E-state index in [9.17, 15) is 18.3 Å². The third-order valence-electron chi connectivity index (χ3n) is 3.30. The van der Waals surface area contributed by atoms with Crippen LogP contribution in [0.5, 0.6) is 0 Å². The second kappa shape index (κ2) is 5.86. The van der Waals surface area contributed by atoms with Crippen LogP contribution in [-0.2, 0) is 11.8 Å². The Balaban J connectivity index is 3.04. The molecule has 1 N–H and O–H groups in total. The molecule has 1 aromatic rings. The first-order chi connectivity index (χ1) is 9.34. The summed E-state index contributed by atoms with van der Waals surface area (Å²) in [5.74, 6) is 2.69. The van der Waals surface area contributed by atoms with Crippen LogP contribution in [0.15, 0.2) is 24.3 Å². The number of rotatable bonds is 2. The topological polar surface area (TPSA) is 20.2 Å². The fraction of sp³-hybridized carbons (Fsp3) is 0.500. The normalized spacial score (nSPS) is 16.6. The predicted octanol–water partition coefficient (Wildman–Crippen LogP) is 4.43. The van der Waals surface area contributed by atoms with E-state index in [1.54, 1.807) is 13.8 Å². The molecule has 0 aliphatic rings. The number of benzene rings is 1. The molecule has 0 saturated carbocycles. The summed E-state index contributed by atoms with van der Waals surface area (Å²) in [5.41, 5.74) is 1.62. The number of alkyl halides is 3. The Bertz CT molecular complexity index is 542. The minimum Gasteiger partial charge on any atom is -0.384 e. The quantitative estimate of drug-likeness (QED) is 0.632. The van der Waals surface area contributed by atoms with Gasteiger partial charge in [-0.2, -0.15) is 13.2 Å². The predicted molar refractivity (Wildman–Crippen MR) is 81.3 cm³/mol. The summed E-state index contributed by atoms with van der Waals surface area (Å²) in [5, 5.41) is 10.6. The van der Waals surface area contributed by atoms with Crippen molar-refractivity contribution < 1.29 is 18.3 Å². The molecule has 21 heavy (non-hydrogen) atoms. The van der Waals surface area contributed by atoms with Gasteiger partial charge in [0.05, 0.1) is 5.56 Å². The van der Waals surface area contributed by atoms with Crippen molar-refractivity contribution in [2.45, 2.75) is 45.3 Å². The molecule has 0 saturated heterocycles. The van der Waals surface area contributed by atoms with E-state index >= 15 is 0 Å². The molecule has 0 fully saturated rings. The van der Waals surface area contributed by atoms with Crippen molar-refractivity contribution in [3.05, 3.63) is 35.4 Å². The largest absolute Gasteiger partial charge is 0.416 e. The Hall–Kier alpha value is -1.25. The fourth-order valence-corrected chi connectivity index (χ4v) is 2.36. The van der Waals surface area contributed by atoms with Crippen molar-refractivity contribution in [1.29, 1.82) is 0 Å². The standard InChI is InChI=1S/C16H21F3OSi/c1-12(10-11-21(3,4)5)15(2,20)13-6-8-14(9-7-13)16(17,18)19/h6-9,12,20H,1-5H3/t12-,15+/m1/s1. The van der Waals surface area contributed by atoms with Gasteiger partial charge < -0.3 is 5.11 Å². The molecule has 0 heterocycles. The summed E-state index contributed by atoms with van der Waals surface area (Å²) >= 11 is 0. The molecule has 0 unspecified atom stereocenters. The molecule has 5 heteroatoms. The van der Waals surface area contributed by atoms with Gasteiger partial charge in [-0.05, 0) is 31.5 Å². The molecule has 0 aliphatic carbocycles. The Labute approximate surface area is 125 Å². The van der Waals surface area contributed by atoms with Crippen LogP contribution in [0.1, 0.15) is 25.0 Å². The average molecular weight is 314 g/mol. The third kappa shape index (κ3) is 4.90. The van der Waals surface area contributed by atoms with Crippen LogP contribution in [0.4, 0.5) is 13.2 Å². The second-order valence-corrected chi connectivity index (χ2v) is 11.2. The first-order valence-corrected chi connectivity index (χ1v) is 10.3. The lowest BCUT2D eigenvalue weighted by atomic mass is 9.84. The number of hydrogen-bond acceptors (Lipinski definition) is 1. The van der Waals surface area contributed by atoms with Gasteiger partial charge in [-0.15, -0.1) is 11.5 Å². The number of hydrogen-bond donors (Lipinski definition) is 1. The third-order valence-corrected chi connectivity index (χ3v) is 4.20. The molecule has 1 aromatic carbocycles.